The average molecular weight is 276 g/mol. The third-order valence-corrected chi connectivity index (χ3v) is 3.20. The molecule has 5 heteroatoms. The molecule has 1 rings (SSSR count). The van der Waals surface area contributed by atoms with Gasteiger partial charge in [-0.1, -0.05) is 25.1 Å². The number of rotatable bonds is 2. The van der Waals surface area contributed by atoms with E-state index >= 15 is 0 Å². The van der Waals surface area contributed by atoms with E-state index in [-0.39, 0.29) is 6.03 Å². The molecular weight excluding hydrogens is 252 g/mol. The zero-order valence-corrected chi connectivity index (χ0v) is 13.2. The van der Waals surface area contributed by atoms with Gasteiger partial charge in [-0.2, -0.15) is 0 Å². The van der Waals surface area contributed by atoms with Crippen molar-refractivity contribution in [3.8, 4) is 0 Å². The van der Waals surface area contributed by atoms with E-state index in [1.807, 2.05) is 39.2 Å². The third-order valence-electron chi connectivity index (χ3n) is 3.20. The van der Waals surface area contributed by atoms with E-state index in [1.165, 1.54) is 0 Å². The summed E-state index contributed by atoms with van der Waals surface area (Å²) in [7, 11) is 7.11. The summed E-state index contributed by atoms with van der Waals surface area (Å²) in [5, 5.41) is 2.81. The van der Waals surface area contributed by atoms with Crippen LogP contribution >= 0.6 is 0 Å². The van der Waals surface area contributed by atoms with Crippen LogP contribution in [0.15, 0.2) is 23.2 Å². The fourth-order valence-electron chi connectivity index (χ4n) is 2.13. The van der Waals surface area contributed by atoms with Gasteiger partial charge < -0.3 is 4.90 Å². The molecule has 0 heterocycles. The Kier molecular flexibility index (Phi) is 5.55. The second-order valence-corrected chi connectivity index (χ2v) is 4.87. The van der Waals surface area contributed by atoms with Crippen molar-refractivity contribution in [2.75, 3.05) is 33.1 Å². The van der Waals surface area contributed by atoms with Crippen molar-refractivity contribution >= 4 is 17.7 Å². The van der Waals surface area contributed by atoms with Gasteiger partial charge >= 0.3 is 6.03 Å². The maximum Gasteiger partial charge on any atom is 0.328 e. The van der Waals surface area contributed by atoms with E-state index in [4.69, 9.17) is 0 Å². The molecule has 0 aromatic heterocycles. The Hall–Kier alpha value is -2.04. The van der Waals surface area contributed by atoms with Crippen LogP contribution in [0.5, 0.6) is 0 Å². The number of hydrogen-bond acceptors (Lipinski definition) is 2. The van der Waals surface area contributed by atoms with Crippen molar-refractivity contribution in [1.29, 1.82) is 0 Å². The van der Waals surface area contributed by atoms with Crippen LogP contribution in [0.1, 0.15) is 18.1 Å². The number of amides is 2. The minimum Gasteiger partial charge on any atom is -0.349 e. The Bertz CT molecular complexity index is 509. The number of guanidine groups is 1. The van der Waals surface area contributed by atoms with Gasteiger partial charge in [-0.25, -0.2) is 4.79 Å². The number of nitrogens with zero attached hydrogens (tertiary/aromatic N) is 3. The molecule has 110 valence electrons. The molecule has 0 radical (unpaired) electrons. The number of para-hydroxylation sites is 1. The number of benzene rings is 1. The number of anilines is 1. The molecule has 0 unspecified atom stereocenters. The summed E-state index contributed by atoms with van der Waals surface area (Å²) in [6.07, 6.45) is 0.886. The van der Waals surface area contributed by atoms with Crippen molar-refractivity contribution in [3.63, 3.8) is 0 Å². The Morgan fingerprint density at radius 1 is 1.30 bits per heavy atom. The van der Waals surface area contributed by atoms with Crippen LogP contribution in [0.4, 0.5) is 10.5 Å². The number of carbonyl (C=O) groups excluding carboxylic acids is 1. The van der Waals surface area contributed by atoms with Gasteiger partial charge in [0.2, 0.25) is 5.96 Å². The predicted octanol–water partition coefficient (Wildman–Crippen LogP) is 2.25. The third kappa shape index (κ3) is 3.50. The molecule has 0 saturated carbocycles. The molecule has 1 N–H and O–H groups in total. The maximum absolute atomic E-state index is 12.3. The number of nitrogens with one attached hydrogen (secondary N) is 1. The first kappa shape index (κ1) is 16.0. The fraction of sp³-hybridized carbons (Fsp3) is 0.467. The molecule has 20 heavy (non-hydrogen) atoms. The van der Waals surface area contributed by atoms with Crippen LogP contribution in [-0.4, -0.2) is 45.1 Å². The van der Waals surface area contributed by atoms with Gasteiger partial charge in [-0.15, -0.1) is 0 Å². The standard InChI is InChI=1S/C15H24N4O/c1-7-12-10-8-9-11(2)13(12)19(6)15(20)17-14(16-3)18(4)5/h8-10H,7H2,1-6H3,(H,16,17,20). The molecule has 0 aliphatic rings. The lowest BCUT2D eigenvalue weighted by atomic mass is 10.1. The lowest BCUT2D eigenvalue weighted by Crippen LogP contribution is -2.46. The van der Waals surface area contributed by atoms with Crippen LogP contribution in [0.2, 0.25) is 0 Å². The van der Waals surface area contributed by atoms with Gasteiger partial charge in [0, 0.05) is 28.2 Å². The summed E-state index contributed by atoms with van der Waals surface area (Å²) in [6, 6.07) is 5.89. The second kappa shape index (κ2) is 6.93. The zero-order chi connectivity index (χ0) is 15.3. The number of urea groups is 1. The number of carbonyl (C=O) groups is 1. The fourth-order valence-corrected chi connectivity index (χ4v) is 2.13. The van der Waals surface area contributed by atoms with E-state index in [2.05, 4.69) is 17.2 Å². The molecule has 0 saturated heterocycles. The van der Waals surface area contributed by atoms with Gasteiger partial charge in [0.05, 0.1) is 5.69 Å². The van der Waals surface area contributed by atoms with Crippen molar-refractivity contribution in [2.24, 2.45) is 4.99 Å². The van der Waals surface area contributed by atoms with Gasteiger partial charge in [-0.3, -0.25) is 15.2 Å². The lowest BCUT2D eigenvalue weighted by Gasteiger charge is -2.24. The molecule has 1 aromatic carbocycles. The molecule has 2 amide bonds. The van der Waals surface area contributed by atoms with Crippen molar-refractivity contribution in [1.82, 2.24) is 10.2 Å². The summed E-state index contributed by atoms with van der Waals surface area (Å²) in [5.41, 5.74) is 3.20. The normalized spacial score (nSPS) is 11.2. The van der Waals surface area contributed by atoms with Crippen LogP contribution in [0.25, 0.3) is 0 Å². The van der Waals surface area contributed by atoms with Crippen LogP contribution < -0.4 is 10.2 Å². The Labute approximate surface area is 121 Å². The number of aliphatic imine (C=N–C) groups is 1. The number of hydrogen-bond donors (Lipinski definition) is 1. The van der Waals surface area contributed by atoms with Gasteiger partial charge in [-0.05, 0) is 24.5 Å². The molecule has 0 spiro atoms. The quantitative estimate of drug-likeness (QED) is 0.665. The maximum atomic E-state index is 12.3. The highest BCUT2D eigenvalue weighted by Crippen LogP contribution is 2.24. The lowest BCUT2D eigenvalue weighted by molar-refractivity contribution is 0.250. The minimum atomic E-state index is -0.191. The highest BCUT2D eigenvalue weighted by atomic mass is 16.2. The monoisotopic (exact) mass is 276 g/mol. The molecule has 5 nitrogen and oxygen atoms in total. The Balaban J connectivity index is 3.01. The highest BCUT2D eigenvalue weighted by Gasteiger charge is 2.17. The highest BCUT2D eigenvalue weighted by molar-refractivity contribution is 6.04. The van der Waals surface area contributed by atoms with E-state index in [0.717, 1.165) is 23.2 Å². The van der Waals surface area contributed by atoms with Gasteiger partial charge in [0.25, 0.3) is 0 Å². The topological polar surface area (TPSA) is 47.9 Å². The first-order valence-corrected chi connectivity index (χ1v) is 6.69. The van der Waals surface area contributed by atoms with Gasteiger partial charge in [0.1, 0.15) is 0 Å². The summed E-state index contributed by atoms with van der Waals surface area (Å²) in [4.78, 5) is 19.8. The average Bonchev–Trinajstić information content (AvgIpc) is 2.42. The Morgan fingerprint density at radius 2 is 1.95 bits per heavy atom. The van der Waals surface area contributed by atoms with E-state index in [1.54, 1.807) is 23.9 Å². The molecule has 0 aliphatic carbocycles. The molecule has 0 atom stereocenters. The molecule has 0 fully saturated rings. The summed E-state index contributed by atoms with van der Waals surface area (Å²) in [6.45, 7) is 4.10. The second-order valence-electron chi connectivity index (χ2n) is 4.87. The van der Waals surface area contributed by atoms with Gasteiger partial charge in [0.15, 0.2) is 0 Å². The summed E-state index contributed by atoms with van der Waals surface area (Å²) in [5.74, 6) is 0.536. The molecular formula is C15H24N4O. The van der Waals surface area contributed by atoms with E-state index in [0.29, 0.717) is 5.96 Å². The van der Waals surface area contributed by atoms with Crippen molar-refractivity contribution < 1.29 is 4.79 Å². The van der Waals surface area contributed by atoms with Crippen LogP contribution in [-0.2, 0) is 6.42 Å². The predicted molar refractivity (Wildman–Crippen MR) is 84.5 cm³/mol. The van der Waals surface area contributed by atoms with Crippen molar-refractivity contribution in [2.45, 2.75) is 20.3 Å². The van der Waals surface area contributed by atoms with E-state index < -0.39 is 0 Å². The largest absolute Gasteiger partial charge is 0.349 e. The van der Waals surface area contributed by atoms with Crippen LogP contribution in [0, 0.1) is 6.92 Å². The first-order chi connectivity index (χ1) is 9.42. The SMILES string of the molecule is CCc1cccc(C)c1N(C)C(=O)NC(=NC)N(C)C. The minimum absolute atomic E-state index is 0.191. The Morgan fingerprint density at radius 3 is 2.45 bits per heavy atom. The first-order valence-electron chi connectivity index (χ1n) is 6.69. The summed E-state index contributed by atoms with van der Waals surface area (Å²) < 4.78 is 0. The smallest absolute Gasteiger partial charge is 0.328 e. The zero-order valence-electron chi connectivity index (χ0n) is 13.2. The van der Waals surface area contributed by atoms with Crippen LogP contribution in [0.3, 0.4) is 0 Å². The number of aryl methyl sites for hydroxylation is 2. The molecule has 0 aliphatic heterocycles. The summed E-state index contributed by atoms with van der Waals surface area (Å²) >= 11 is 0. The van der Waals surface area contributed by atoms with E-state index in [9.17, 15) is 4.79 Å². The molecule has 0 bridgehead atoms. The van der Waals surface area contributed by atoms with Crippen molar-refractivity contribution in [3.05, 3.63) is 29.3 Å². The molecule has 1 aromatic rings.